The van der Waals surface area contributed by atoms with Crippen LogP contribution in [0.1, 0.15) is 38.9 Å². The fraction of sp³-hybridized carbons (Fsp3) is 0.316. The van der Waals surface area contributed by atoms with Gasteiger partial charge in [-0.1, -0.05) is 22.5 Å². The summed E-state index contributed by atoms with van der Waals surface area (Å²) >= 11 is 7.94. The largest absolute Gasteiger partial charge is 0.375 e. The third-order valence-electron chi connectivity index (χ3n) is 4.47. The molecule has 0 aliphatic rings. The number of aryl methyl sites for hydroxylation is 1. The Kier molecular flexibility index (Phi) is 6.37. The number of benzene rings is 1. The van der Waals surface area contributed by atoms with Crippen LogP contribution >= 0.6 is 22.7 Å². The molecule has 2 amide bonds. The topological polar surface area (TPSA) is 97.1 Å². The molecule has 1 atom stereocenters. The zero-order valence-electron chi connectivity index (χ0n) is 16.5. The fourth-order valence-corrected chi connectivity index (χ4v) is 4.67. The Balaban J connectivity index is 1.74. The third-order valence-corrected chi connectivity index (χ3v) is 9.62. The molecule has 29 heavy (non-hydrogen) atoms. The Morgan fingerprint density at radius 3 is 2.59 bits per heavy atom. The van der Waals surface area contributed by atoms with Crippen LogP contribution in [0.4, 0.5) is 10.8 Å². The number of fused-ring (bicyclic) bond motifs is 1. The molecular formula is C19H22N4O2S4. The molecule has 6 nitrogen and oxygen atoms in total. The van der Waals surface area contributed by atoms with Gasteiger partial charge in [0.15, 0.2) is 5.13 Å². The molecule has 2 heterocycles. The van der Waals surface area contributed by atoms with Gasteiger partial charge in [-0.3, -0.25) is 9.59 Å². The molecule has 0 fully saturated rings. The van der Waals surface area contributed by atoms with E-state index >= 15 is 0 Å². The number of nitrogens with two attached hydrogens (primary N) is 1. The van der Waals surface area contributed by atoms with Crippen molar-refractivity contribution in [3.63, 3.8) is 0 Å². The molecule has 1 unspecified atom stereocenters. The fourth-order valence-electron chi connectivity index (χ4n) is 2.53. The lowest BCUT2D eigenvalue weighted by Gasteiger charge is -2.24. The minimum Gasteiger partial charge on any atom is -0.375 e. The smallest absolute Gasteiger partial charge is 0.267 e. The number of anilines is 2. The van der Waals surface area contributed by atoms with Crippen molar-refractivity contribution in [3.8, 4) is 0 Å². The molecule has 0 saturated carbocycles. The molecule has 3 aromatic rings. The zero-order valence-corrected chi connectivity index (χ0v) is 19.8. The predicted octanol–water partition coefficient (Wildman–Crippen LogP) is 3.72. The van der Waals surface area contributed by atoms with E-state index in [-0.39, 0.29) is 26.0 Å². The number of amides is 2. The first-order valence-electron chi connectivity index (χ1n) is 8.76. The minimum atomic E-state index is -0.245. The molecule has 0 spiro atoms. The maximum Gasteiger partial charge on any atom is 0.267 e. The molecule has 2 aromatic heterocycles. The van der Waals surface area contributed by atoms with Crippen LogP contribution in [0.5, 0.6) is 0 Å². The normalized spacial score (nSPS) is 12.7. The second kappa shape index (κ2) is 8.47. The van der Waals surface area contributed by atoms with Gasteiger partial charge in [-0.2, -0.15) is 0 Å². The minimum absolute atomic E-state index is 0.110. The van der Waals surface area contributed by atoms with Gasteiger partial charge in [0.1, 0.15) is 4.88 Å². The summed E-state index contributed by atoms with van der Waals surface area (Å²) in [6.07, 6.45) is 2.00. The number of thiophene rings is 1. The van der Waals surface area contributed by atoms with Crippen LogP contribution in [0.25, 0.3) is 10.1 Å². The van der Waals surface area contributed by atoms with Crippen LogP contribution in [-0.2, 0) is 20.6 Å². The molecule has 0 radical (unpaired) electrons. The predicted molar refractivity (Wildman–Crippen MR) is 128 cm³/mol. The van der Waals surface area contributed by atoms with Crippen LogP contribution in [-0.4, -0.2) is 34.3 Å². The highest BCUT2D eigenvalue weighted by Crippen LogP contribution is 2.29. The van der Waals surface area contributed by atoms with Gasteiger partial charge in [0.25, 0.3) is 11.8 Å². The van der Waals surface area contributed by atoms with E-state index in [9.17, 15) is 9.59 Å². The summed E-state index contributed by atoms with van der Waals surface area (Å²) in [6, 6.07) is 7.42. The van der Waals surface area contributed by atoms with Gasteiger partial charge >= 0.3 is 0 Å². The highest BCUT2D eigenvalue weighted by molar-refractivity contribution is 8.29. The highest BCUT2D eigenvalue weighted by Gasteiger charge is 2.21. The van der Waals surface area contributed by atoms with Crippen molar-refractivity contribution in [2.45, 2.75) is 25.5 Å². The summed E-state index contributed by atoms with van der Waals surface area (Å²) in [4.78, 5) is 30.2. The molecule has 0 aliphatic carbocycles. The van der Waals surface area contributed by atoms with Gasteiger partial charge in [-0.05, 0) is 56.7 Å². The average Bonchev–Trinajstić information content (AvgIpc) is 3.21. The highest BCUT2D eigenvalue weighted by atomic mass is 32.8. The summed E-state index contributed by atoms with van der Waals surface area (Å²) in [5.41, 5.74) is 6.93. The van der Waals surface area contributed by atoms with Crippen molar-refractivity contribution in [2.75, 3.05) is 23.9 Å². The summed E-state index contributed by atoms with van der Waals surface area (Å²) < 4.78 is 0.848. The third kappa shape index (κ3) is 5.00. The average molecular weight is 467 g/mol. The van der Waals surface area contributed by atoms with Crippen molar-refractivity contribution < 1.29 is 9.59 Å². The van der Waals surface area contributed by atoms with E-state index in [1.54, 1.807) is 6.92 Å². The van der Waals surface area contributed by atoms with Crippen molar-refractivity contribution in [2.24, 2.45) is 0 Å². The second-order valence-corrected chi connectivity index (χ2v) is 12.8. The van der Waals surface area contributed by atoms with Gasteiger partial charge in [0.05, 0.1) is 10.6 Å². The quantitative estimate of drug-likeness (QED) is 0.514. The van der Waals surface area contributed by atoms with Crippen molar-refractivity contribution in [3.05, 3.63) is 39.7 Å². The number of nitrogen functional groups attached to an aromatic ring is 1. The summed E-state index contributed by atoms with van der Waals surface area (Å²) in [5, 5.41) is 7.12. The summed E-state index contributed by atoms with van der Waals surface area (Å²) in [5.74, 6) is -0.355. The first kappa shape index (κ1) is 21.8. The molecule has 0 bridgehead atoms. The van der Waals surface area contributed by atoms with Crippen LogP contribution in [0.2, 0.25) is 0 Å². The van der Waals surface area contributed by atoms with Gasteiger partial charge in [0.2, 0.25) is 0 Å². The van der Waals surface area contributed by atoms with Gasteiger partial charge in [-0.15, -0.1) is 20.8 Å². The van der Waals surface area contributed by atoms with E-state index < -0.39 is 0 Å². The summed E-state index contributed by atoms with van der Waals surface area (Å²) in [7, 11) is -0.218. The molecule has 0 aliphatic heterocycles. The molecule has 154 valence electrons. The number of hydrogen-bond donors (Lipinski definition) is 3. The second-order valence-electron chi connectivity index (χ2n) is 7.18. The lowest BCUT2D eigenvalue weighted by atomic mass is 10.2. The van der Waals surface area contributed by atoms with E-state index in [4.69, 9.17) is 16.9 Å². The number of nitrogens with zero attached hydrogens (tertiary/aromatic N) is 1. The lowest BCUT2D eigenvalue weighted by Crippen LogP contribution is -2.40. The number of thiazole rings is 1. The first-order chi connectivity index (χ1) is 13.6. The van der Waals surface area contributed by atoms with Crippen LogP contribution in [0.15, 0.2) is 24.3 Å². The molecule has 4 N–H and O–H groups in total. The standard InChI is InChI=1S/C19H22N4O2S4/c1-10-15(28-18(20)22-10)17(25)23-12-5-6-13-11(7-12)8-14(27-13)16(24)21-9-19(2,3)29(4)26/h5-8H,9H2,1-4H3,(H2,20,22)(H,21,24)(H,23,25). The first-order valence-corrected chi connectivity index (χ1v) is 13.0. The van der Waals surface area contributed by atoms with Crippen molar-refractivity contribution in [1.82, 2.24) is 10.3 Å². The van der Waals surface area contributed by atoms with Crippen LogP contribution < -0.4 is 16.4 Å². The van der Waals surface area contributed by atoms with E-state index in [0.717, 1.165) is 21.4 Å². The Bertz CT molecular complexity index is 1120. The molecule has 10 heteroatoms. The Morgan fingerprint density at radius 1 is 1.24 bits per heavy atom. The van der Waals surface area contributed by atoms with Gasteiger partial charge in [0, 0.05) is 21.7 Å². The molecule has 0 saturated heterocycles. The van der Waals surface area contributed by atoms with Gasteiger partial charge in [-0.25, -0.2) is 4.98 Å². The summed E-state index contributed by atoms with van der Waals surface area (Å²) in [6.45, 7) is 6.40. The zero-order chi connectivity index (χ0) is 21.3. The molecule has 1 aromatic carbocycles. The molecule has 3 rings (SSSR count). The maximum atomic E-state index is 12.6. The number of nitrogens with one attached hydrogen (secondary N) is 2. The Labute approximate surface area is 184 Å². The van der Waals surface area contributed by atoms with E-state index in [0.29, 0.717) is 32.8 Å². The monoisotopic (exact) mass is 466 g/mol. The van der Waals surface area contributed by atoms with E-state index in [1.807, 2.05) is 30.5 Å². The van der Waals surface area contributed by atoms with Crippen molar-refractivity contribution in [1.29, 1.82) is 0 Å². The number of aromatic nitrogens is 1. The lowest BCUT2D eigenvalue weighted by molar-refractivity contribution is 0.0954. The van der Waals surface area contributed by atoms with Crippen molar-refractivity contribution >= 4 is 76.0 Å². The van der Waals surface area contributed by atoms with Crippen LogP contribution in [0.3, 0.4) is 0 Å². The maximum absolute atomic E-state index is 12.6. The van der Waals surface area contributed by atoms with E-state index in [1.165, 1.54) is 11.3 Å². The number of carbonyl (C=O) groups is 2. The molecular weight excluding hydrogens is 445 g/mol. The number of rotatable bonds is 6. The number of hydrogen-bond acceptors (Lipinski definition) is 7. The Hall–Kier alpha value is -1.88. The van der Waals surface area contributed by atoms with Crippen LogP contribution in [0, 0.1) is 6.92 Å². The van der Waals surface area contributed by atoms with Gasteiger partial charge < -0.3 is 16.4 Å². The SMILES string of the molecule is Cc1nc(N)sc1C(=O)Nc1ccc2sc(C(=O)NCC(C)(C)S(C)=S)cc2c1. The number of carbonyl (C=O) groups excluding carboxylic acids is 2. The van der Waals surface area contributed by atoms with E-state index in [2.05, 4.69) is 29.5 Å². The Morgan fingerprint density at radius 2 is 1.97 bits per heavy atom.